The fraction of sp³-hybridized carbons (Fsp3) is 0.304. The number of aromatic nitrogens is 1. The molecule has 29 heavy (non-hydrogen) atoms. The van der Waals surface area contributed by atoms with Gasteiger partial charge in [0.1, 0.15) is 5.75 Å². The van der Waals surface area contributed by atoms with Gasteiger partial charge >= 0.3 is 5.97 Å². The summed E-state index contributed by atoms with van der Waals surface area (Å²) in [6.45, 7) is 6.17. The highest BCUT2D eigenvalue weighted by Crippen LogP contribution is 2.20. The van der Waals surface area contributed by atoms with Crippen molar-refractivity contribution >= 4 is 23.1 Å². The summed E-state index contributed by atoms with van der Waals surface area (Å²) < 4.78 is 12.6. The van der Waals surface area contributed by atoms with Gasteiger partial charge in [0, 0.05) is 21.8 Å². The van der Waals surface area contributed by atoms with Crippen LogP contribution >= 0.6 is 11.3 Å². The van der Waals surface area contributed by atoms with E-state index in [1.165, 1.54) is 10.4 Å². The normalized spacial score (nSPS) is 10.7. The average molecular weight is 412 g/mol. The SMILES string of the molecule is CCc1ccc(OCC(=O)OCC(=O)c2cc(C)n(Cc3cccs3)c2C)cc1. The van der Waals surface area contributed by atoms with Crippen LogP contribution in [0.3, 0.4) is 0 Å². The van der Waals surface area contributed by atoms with Crippen molar-refractivity contribution in [3.05, 3.63) is 75.2 Å². The van der Waals surface area contributed by atoms with Gasteiger partial charge in [-0.15, -0.1) is 11.3 Å². The molecule has 0 bridgehead atoms. The minimum absolute atomic E-state index is 0.212. The maximum Gasteiger partial charge on any atom is 0.344 e. The van der Waals surface area contributed by atoms with Crippen molar-refractivity contribution in [1.29, 1.82) is 0 Å². The van der Waals surface area contributed by atoms with Crippen LogP contribution in [0.25, 0.3) is 0 Å². The molecule has 2 aromatic heterocycles. The summed E-state index contributed by atoms with van der Waals surface area (Å²) >= 11 is 1.68. The van der Waals surface area contributed by atoms with Gasteiger partial charge in [-0.3, -0.25) is 4.79 Å². The highest BCUT2D eigenvalue weighted by Gasteiger charge is 2.18. The largest absolute Gasteiger partial charge is 0.482 e. The minimum atomic E-state index is -0.565. The van der Waals surface area contributed by atoms with Crippen LogP contribution < -0.4 is 4.74 Å². The Hall–Kier alpha value is -2.86. The Morgan fingerprint density at radius 2 is 1.83 bits per heavy atom. The second kappa shape index (κ2) is 9.56. The van der Waals surface area contributed by atoms with E-state index in [1.54, 1.807) is 11.3 Å². The number of hydrogen-bond donors (Lipinski definition) is 0. The fourth-order valence-corrected chi connectivity index (χ4v) is 3.81. The van der Waals surface area contributed by atoms with Gasteiger partial charge in [0.15, 0.2) is 13.2 Å². The molecule has 0 amide bonds. The highest BCUT2D eigenvalue weighted by molar-refractivity contribution is 7.09. The monoisotopic (exact) mass is 411 g/mol. The molecule has 0 aliphatic heterocycles. The summed E-state index contributed by atoms with van der Waals surface area (Å²) in [4.78, 5) is 25.7. The van der Waals surface area contributed by atoms with E-state index in [1.807, 2.05) is 55.6 Å². The summed E-state index contributed by atoms with van der Waals surface area (Å²) in [6, 6.07) is 13.5. The smallest absolute Gasteiger partial charge is 0.344 e. The molecule has 2 heterocycles. The number of aryl methyl sites for hydroxylation is 2. The van der Waals surface area contributed by atoms with E-state index in [4.69, 9.17) is 9.47 Å². The summed E-state index contributed by atoms with van der Waals surface area (Å²) in [5.74, 6) is -0.177. The predicted molar refractivity (Wildman–Crippen MR) is 114 cm³/mol. The molecule has 0 saturated heterocycles. The van der Waals surface area contributed by atoms with Gasteiger partial charge in [0.2, 0.25) is 5.78 Å². The van der Waals surface area contributed by atoms with Crippen LogP contribution in [-0.2, 0) is 22.5 Å². The fourth-order valence-electron chi connectivity index (χ4n) is 3.11. The number of carbonyl (C=O) groups is 2. The molecule has 152 valence electrons. The number of ketones is 1. The molecule has 6 heteroatoms. The van der Waals surface area contributed by atoms with Crippen molar-refractivity contribution in [2.45, 2.75) is 33.7 Å². The summed E-state index contributed by atoms with van der Waals surface area (Å²) in [7, 11) is 0. The van der Waals surface area contributed by atoms with Crippen LogP contribution in [-0.4, -0.2) is 29.5 Å². The van der Waals surface area contributed by atoms with Crippen molar-refractivity contribution in [1.82, 2.24) is 4.57 Å². The van der Waals surface area contributed by atoms with Crippen LogP contribution in [0.4, 0.5) is 0 Å². The lowest BCUT2D eigenvalue weighted by atomic mass is 10.1. The molecular formula is C23H25NO4S. The average Bonchev–Trinajstić information content (AvgIpc) is 3.34. The molecule has 0 aliphatic rings. The lowest BCUT2D eigenvalue weighted by Crippen LogP contribution is -2.20. The number of esters is 1. The Morgan fingerprint density at radius 3 is 2.48 bits per heavy atom. The molecule has 0 saturated carbocycles. The Labute approximate surface area is 174 Å². The van der Waals surface area contributed by atoms with Crippen LogP contribution in [0.2, 0.25) is 0 Å². The lowest BCUT2D eigenvalue weighted by molar-refractivity contribution is -0.144. The van der Waals surface area contributed by atoms with Gasteiger partial charge < -0.3 is 14.0 Å². The number of benzene rings is 1. The van der Waals surface area contributed by atoms with E-state index in [9.17, 15) is 9.59 Å². The van der Waals surface area contributed by atoms with E-state index < -0.39 is 5.97 Å². The first-order valence-corrected chi connectivity index (χ1v) is 10.5. The molecule has 0 N–H and O–H groups in total. The van der Waals surface area contributed by atoms with Crippen LogP contribution in [0.15, 0.2) is 47.8 Å². The zero-order chi connectivity index (χ0) is 20.8. The molecule has 0 fully saturated rings. The Balaban J connectivity index is 1.52. The molecule has 1 aromatic carbocycles. The van der Waals surface area contributed by atoms with Gasteiger partial charge in [0.25, 0.3) is 0 Å². The first-order chi connectivity index (χ1) is 14.0. The van der Waals surface area contributed by atoms with E-state index in [0.717, 1.165) is 24.4 Å². The van der Waals surface area contributed by atoms with Crippen molar-refractivity contribution < 1.29 is 19.1 Å². The Bertz CT molecular complexity index is 971. The molecule has 0 aliphatic carbocycles. The number of rotatable bonds is 9. The molecular weight excluding hydrogens is 386 g/mol. The minimum Gasteiger partial charge on any atom is -0.482 e. The van der Waals surface area contributed by atoms with Gasteiger partial charge in [-0.05, 0) is 55.5 Å². The second-order valence-electron chi connectivity index (χ2n) is 6.82. The van der Waals surface area contributed by atoms with Gasteiger partial charge in [-0.1, -0.05) is 25.1 Å². The van der Waals surface area contributed by atoms with E-state index >= 15 is 0 Å². The number of hydrogen-bond acceptors (Lipinski definition) is 5. The predicted octanol–water partition coefficient (Wildman–Crippen LogP) is 4.58. The van der Waals surface area contributed by atoms with Gasteiger partial charge in [-0.25, -0.2) is 4.79 Å². The van der Waals surface area contributed by atoms with Crippen molar-refractivity contribution in [2.24, 2.45) is 0 Å². The van der Waals surface area contributed by atoms with Crippen LogP contribution in [0.5, 0.6) is 5.75 Å². The highest BCUT2D eigenvalue weighted by atomic mass is 32.1. The standard InChI is InChI=1S/C23H25NO4S/c1-4-18-7-9-19(10-8-18)27-15-23(26)28-14-22(25)21-12-16(2)24(17(21)3)13-20-6-5-11-29-20/h5-12H,4,13-15H2,1-3H3. The third kappa shape index (κ3) is 5.35. The van der Waals surface area contributed by atoms with Crippen molar-refractivity contribution in [3.8, 4) is 5.75 Å². The first-order valence-electron chi connectivity index (χ1n) is 9.57. The quantitative estimate of drug-likeness (QED) is 0.382. The molecule has 0 spiro atoms. The van der Waals surface area contributed by atoms with E-state index in [2.05, 4.69) is 17.6 Å². The van der Waals surface area contributed by atoms with E-state index in [-0.39, 0.29) is 19.0 Å². The third-order valence-corrected chi connectivity index (χ3v) is 5.68. The first kappa shape index (κ1) is 20.9. The number of thiophene rings is 1. The summed E-state index contributed by atoms with van der Waals surface area (Å²) in [5.41, 5.74) is 3.67. The van der Waals surface area contributed by atoms with Crippen molar-refractivity contribution in [3.63, 3.8) is 0 Å². The second-order valence-corrected chi connectivity index (χ2v) is 7.85. The zero-order valence-corrected chi connectivity index (χ0v) is 17.8. The van der Waals surface area contributed by atoms with Crippen LogP contribution in [0, 0.1) is 13.8 Å². The maximum atomic E-state index is 12.6. The number of nitrogens with zero attached hydrogens (tertiary/aromatic N) is 1. The van der Waals surface area contributed by atoms with Crippen molar-refractivity contribution in [2.75, 3.05) is 13.2 Å². The topological polar surface area (TPSA) is 57.5 Å². The zero-order valence-electron chi connectivity index (χ0n) is 16.9. The number of Topliss-reactive ketones (excluding diaryl/α,β-unsaturated/α-hetero) is 1. The third-order valence-electron chi connectivity index (χ3n) is 4.82. The Morgan fingerprint density at radius 1 is 1.07 bits per heavy atom. The van der Waals surface area contributed by atoms with Gasteiger partial charge in [0.05, 0.1) is 6.54 Å². The molecule has 0 radical (unpaired) electrons. The maximum absolute atomic E-state index is 12.6. The molecule has 0 atom stereocenters. The van der Waals surface area contributed by atoms with Crippen LogP contribution in [0.1, 0.15) is 39.1 Å². The molecule has 3 aromatic rings. The Kier molecular flexibility index (Phi) is 6.88. The molecule has 3 rings (SSSR count). The lowest BCUT2D eigenvalue weighted by Gasteiger charge is -2.09. The van der Waals surface area contributed by atoms with E-state index in [0.29, 0.717) is 11.3 Å². The molecule has 5 nitrogen and oxygen atoms in total. The summed E-state index contributed by atoms with van der Waals surface area (Å²) in [5, 5.41) is 2.04. The molecule has 0 unspecified atom stereocenters. The van der Waals surface area contributed by atoms with Gasteiger partial charge in [-0.2, -0.15) is 0 Å². The number of ether oxygens (including phenoxy) is 2. The number of carbonyl (C=O) groups excluding carboxylic acids is 2. The summed E-state index contributed by atoms with van der Waals surface area (Å²) in [6.07, 6.45) is 0.943.